The van der Waals surface area contributed by atoms with Crippen LogP contribution < -0.4 is 0 Å². The smallest absolute Gasteiger partial charge is 0.336 e. The zero-order valence-electron chi connectivity index (χ0n) is 14.3. The predicted octanol–water partition coefficient (Wildman–Crippen LogP) is 4.33. The van der Waals surface area contributed by atoms with Crippen LogP contribution in [0.15, 0.2) is 54.6 Å². The number of benzene rings is 2. The normalized spacial score (nSPS) is 10.8. The summed E-state index contributed by atoms with van der Waals surface area (Å²) in [6, 6.07) is 15.0. The second-order valence-electron chi connectivity index (χ2n) is 5.70. The molecule has 0 heterocycles. The zero-order chi connectivity index (χ0) is 18.1. The van der Waals surface area contributed by atoms with E-state index in [9.17, 15) is 14.7 Å². The molecule has 2 aromatic carbocycles. The van der Waals surface area contributed by atoms with Gasteiger partial charge in [-0.15, -0.1) is 0 Å². The first kappa shape index (κ1) is 18.5. The Balaban J connectivity index is 2.22. The number of hydrogen-bond acceptors (Lipinski definition) is 3. The number of unbranched alkanes of at least 4 members (excludes halogenated alkanes) is 1. The molecule has 0 aliphatic heterocycles. The number of ether oxygens (including phenoxy) is 1. The van der Waals surface area contributed by atoms with Gasteiger partial charge in [0, 0.05) is 6.08 Å². The fourth-order valence-corrected chi connectivity index (χ4v) is 2.51. The number of hydrogen-bond donors (Lipinski definition) is 1. The van der Waals surface area contributed by atoms with Gasteiger partial charge in [0.05, 0.1) is 12.2 Å². The number of rotatable bonds is 8. The summed E-state index contributed by atoms with van der Waals surface area (Å²) in [6.45, 7) is 2.39. The quantitative estimate of drug-likeness (QED) is 0.442. The molecule has 2 aromatic rings. The first-order valence-corrected chi connectivity index (χ1v) is 8.35. The van der Waals surface area contributed by atoms with Gasteiger partial charge in [0.2, 0.25) is 0 Å². The standard InChI is InChI=1S/C21H22O4/c1-2-3-14-25-19(22)13-12-17-10-7-11-18(20(17)21(23)24)15-16-8-5-4-6-9-16/h4-13H,2-3,14-15H2,1H3,(H,23,24)/b13-12+. The highest BCUT2D eigenvalue weighted by Crippen LogP contribution is 2.20. The van der Waals surface area contributed by atoms with Crippen LogP contribution in [0.2, 0.25) is 0 Å². The van der Waals surface area contributed by atoms with Gasteiger partial charge in [-0.3, -0.25) is 0 Å². The Kier molecular flexibility index (Phi) is 6.96. The third-order valence-corrected chi connectivity index (χ3v) is 3.78. The van der Waals surface area contributed by atoms with Gasteiger partial charge in [-0.05, 0) is 35.6 Å². The van der Waals surface area contributed by atoms with Gasteiger partial charge in [-0.25, -0.2) is 9.59 Å². The fraction of sp³-hybridized carbons (Fsp3) is 0.238. The molecule has 0 amide bonds. The summed E-state index contributed by atoms with van der Waals surface area (Å²) in [6.07, 6.45) is 5.06. The van der Waals surface area contributed by atoms with Crippen molar-refractivity contribution in [2.75, 3.05) is 6.61 Å². The van der Waals surface area contributed by atoms with Crippen molar-refractivity contribution in [3.8, 4) is 0 Å². The summed E-state index contributed by atoms with van der Waals surface area (Å²) in [5, 5.41) is 9.61. The number of carboxylic acid groups (broad SMARTS) is 1. The van der Waals surface area contributed by atoms with Crippen molar-refractivity contribution in [1.82, 2.24) is 0 Å². The molecule has 4 nitrogen and oxygen atoms in total. The van der Waals surface area contributed by atoms with Crippen molar-refractivity contribution in [2.24, 2.45) is 0 Å². The number of aromatic carboxylic acids is 1. The average molecular weight is 338 g/mol. The minimum absolute atomic E-state index is 0.212. The Hall–Kier alpha value is -2.88. The van der Waals surface area contributed by atoms with E-state index in [0.717, 1.165) is 18.4 Å². The lowest BCUT2D eigenvalue weighted by Gasteiger charge is -2.09. The van der Waals surface area contributed by atoms with Crippen molar-refractivity contribution in [3.63, 3.8) is 0 Å². The number of carbonyl (C=O) groups excluding carboxylic acids is 1. The first-order chi connectivity index (χ1) is 12.1. The first-order valence-electron chi connectivity index (χ1n) is 8.35. The molecule has 0 spiro atoms. The minimum Gasteiger partial charge on any atom is -0.478 e. The summed E-state index contributed by atoms with van der Waals surface area (Å²) in [7, 11) is 0. The van der Waals surface area contributed by atoms with E-state index in [1.807, 2.05) is 37.3 Å². The van der Waals surface area contributed by atoms with Crippen LogP contribution >= 0.6 is 0 Å². The molecule has 2 rings (SSSR count). The number of carbonyl (C=O) groups is 2. The third kappa shape index (κ3) is 5.60. The van der Waals surface area contributed by atoms with Gasteiger partial charge >= 0.3 is 11.9 Å². The van der Waals surface area contributed by atoms with Gasteiger partial charge in [-0.2, -0.15) is 0 Å². The van der Waals surface area contributed by atoms with E-state index in [4.69, 9.17) is 4.74 Å². The third-order valence-electron chi connectivity index (χ3n) is 3.78. The van der Waals surface area contributed by atoms with Crippen LogP contribution in [0, 0.1) is 0 Å². The largest absolute Gasteiger partial charge is 0.478 e. The van der Waals surface area contributed by atoms with Crippen molar-refractivity contribution in [1.29, 1.82) is 0 Å². The molecule has 0 aliphatic rings. The van der Waals surface area contributed by atoms with Crippen LogP contribution in [-0.2, 0) is 16.0 Å². The van der Waals surface area contributed by atoms with E-state index in [0.29, 0.717) is 24.2 Å². The molecule has 0 aliphatic carbocycles. The highest BCUT2D eigenvalue weighted by molar-refractivity contribution is 5.96. The molecule has 0 fully saturated rings. The van der Waals surface area contributed by atoms with E-state index in [1.165, 1.54) is 12.2 Å². The van der Waals surface area contributed by atoms with Crippen molar-refractivity contribution in [2.45, 2.75) is 26.2 Å². The molecule has 1 N–H and O–H groups in total. The lowest BCUT2D eigenvalue weighted by atomic mass is 9.95. The topological polar surface area (TPSA) is 63.6 Å². The van der Waals surface area contributed by atoms with Crippen molar-refractivity contribution < 1.29 is 19.4 Å². The van der Waals surface area contributed by atoms with E-state index in [-0.39, 0.29) is 5.56 Å². The molecule has 0 unspecified atom stereocenters. The van der Waals surface area contributed by atoms with Crippen LogP contribution in [-0.4, -0.2) is 23.7 Å². The van der Waals surface area contributed by atoms with Crippen molar-refractivity contribution >= 4 is 18.0 Å². The monoisotopic (exact) mass is 338 g/mol. The van der Waals surface area contributed by atoms with E-state index < -0.39 is 11.9 Å². The maximum atomic E-state index is 11.7. The SMILES string of the molecule is CCCCOC(=O)/C=C/c1cccc(Cc2ccccc2)c1C(=O)O. The van der Waals surface area contributed by atoms with E-state index in [2.05, 4.69) is 0 Å². The highest BCUT2D eigenvalue weighted by atomic mass is 16.5. The Labute approximate surface area is 147 Å². The van der Waals surface area contributed by atoms with Crippen molar-refractivity contribution in [3.05, 3.63) is 76.9 Å². The number of esters is 1. The summed E-state index contributed by atoms with van der Waals surface area (Å²) in [5.74, 6) is -1.47. The minimum atomic E-state index is -1.01. The van der Waals surface area contributed by atoms with Crippen LogP contribution in [0.3, 0.4) is 0 Å². The van der Waals surface area contributed by atoms with Crippen LogP contribution in [0.25, 0.3) is 6.08 Å². The Morgan fingerprint density at radius 3 is 2.52 bits per heavy atom. The summed E-state index contributed by atoms with van der Waals surface area (Å²) >= 11 is 0. The molecule has 0 saturated heterocycles. The molecular weight excluding hydrogens is 316 g/mol. The summed E-state index contributed by atoms with van der Waals surface area (Å²) in [4.78, 5) is 23.4. The van der Waals surface area contributed by atoms with Gasteiger partial charge in [0.1, 0.15) is 0 Å². The van der Waals surface area contributed by atoms with Gasteiger partial charge in [0.25, 0.3) is 0 Å². The molecule has 0 aromatic heterocycles. The number of carboxylic acids is 1. The maximum Gasteiger partial charge on any atom is 0.336 e. The fourth-order valence-electron chi connectivity index (χ4n) is 2.51. The molecule has 25 heavy (non-hydrogen) atoms. The molecular formula is C21H22O4. The molecule has 0 bridgehead atoms. The van der Waals surface area contributed by atoms with Gasteiger partial charge < -0.3 is 9.84 Å². The van der Waals surface area contributed by atoms with E-state index in [1.54, 1.807) is 18.2 Å². The Morgan fingerprint density at radius 1 is 1.08 bits per heavy atom. The average Bonchev–Trinajstić information content (AvgIpc) is 2.61. The van der Waals surface area contributed by atoms with E-state index >= 15 is 0 Å². The molecule has 0 radical (unpaired) electrons. The van der Waals surface area contributed by atoms with Crippen LogP contribution in [0.4, 0.5) is 0 Å². The second kappa shape index (κ2) is 9.42. The van der Waals surface area contributed by atoms with Crippen LogP contribution in [0.5, 0.6) is 0 Å². The molecule has 0 atom stereocenters. The van der Waals surface area contributed by atoms with Gasteiger partial charge in [-0.1, -0.05) is 61.9 Å². The van der Waals surface area contributed by atoms with Gasteiger partial charge in [0.15, 0.2) is 0 Å². The molecule has 130 valence electrons. The maximum absolute atomic E-state index is 11.7. The summed E-state index contributed by atoms with van der Waals surface area (Å²) < 4.78 is 5.06. The molecule has 4 heteroatoms. The Bertz CT molecular complexity index is 748. The predicted molar refractivity (Wildman–Crippen MR) is 97.6 cm³/mol. The van der Waals surface area contributed by atoms with Crippen LogP contribution in [0.1, 0.15) is 46.8 Å². The Morgan fingerprint density at radius 2 is 1.84 bits per heavy atom. The lowest BCUT2D eigenvalue weighted by Crippen LogP contribution is -2.06. The second-order valence-corrected chi connectivity index (χ2v) is 5.70. The lowest BCUT2D eigenvalue weighted by molar-refractivity contribution is -0.137. The summed E-state index contributed by atoms with van der Waals surface area (Å²) in [5.41, 5.74) is 2.45. The molecule has 0 saturated carbocycles. The zero-order valence-corrected chi connectivity index (χ0v) is 14.3. The highest BCUT2D eigenvalue weighted by Gasteiger charge is 2.14.